The predicted octanol–water partition coefficient (Wildman–Crippen LogP) is 3.53. The normalized spacial score (nSPS) is 19.1. The van der Waals surface area contributed by atoms with Gasteiger partial charge in [0, 0.05) is 0 Å². The third kappa shape index (κ3) is 2.97. The first-order valence-electron chi connectivity index (χ1n) is 7.04. The molecule has 3 rings (SSSR count). The smallest absolute Gasteiger partial charge is 0.278 e. The van der Waals surface area contributed by atoms with E-state index in [2.05, 4.69) is 31.5 Å². The van der Waals surface area contributed by atoms with Crippen LogP contribution in [0, 0.1) is 6.92 Å². The van der Waals surface area contributed by atoms with E-state index in [4.69, 9.17) is 16.3 Å². The molecule has 1 aliphatic heterocycles. The Kier molecular flexibility index (Phi) is 4.23. The van der Waals surface area contributed by atoms with Crippen LogP contribution in [0.2, 0.25) is 5.15 Å². The number of fused-ring (bicyclic) bond motifs is 1. The van der Waals surface area contributed by atoms with Crippen LogP contribution >= 0.6 is 27.5 Å². The number of nitrogens with one attached hydrogen (secondary N) is 2. The zero-order chi connectivity index (χ0) is 17.5. The summed E-state index contributed by atoms with van der Waals surface area (Å²) in [6, 6.07) is 8.54. The molecule has 2 aromatic rings. The summed E-state index contributed by atoms with van der Waals surface area (Å²) in [5, 5.41) is 5.39. The molecular formula is C16H13BrClN3O3. The molecule has 1 aliphatic rings. The van der Waals surface area contributed by atoms with Crippen molar-refractivity contribution in [1.82, 2.24) is 4.98 Å². The number of hydrogen-bond acceptors (Lipinski definition) is 4. The number of ether oxygens (including phenoxy) is 1. The van der Waals surface area contributed by atoms with Crippen LogP contribution in [0.3, 0.4) is 0 Å². The summed E-state index contributed by atoms with van der Waals surface area (Å²) in [5.74, 6) is -0.769. The van der Waals surface area contributed by atoms with Gasteiger partial charge in [0.05, 0.1) is 11.4 Å². The molecule has 1 atom stereocenters. The van der Waals surface area contributed by atoms with E-state index in [-0.39, 0.29) is 10.8 Å². The fourth-order valence-electron chi connectivity index (χ4n) is 2.23. The Labute approximate surface area is 151 Å². The van der Waals surface area contributed by atoms with E-state index in [1.54, 1.807) is 24.3 Å². The number of aryl methyl sites for hydroxylation is 1. The van der Waals surface area contributed by atoms with E-state index in [1.165, 1.54) is 6.92 Å². The number of amides is 2. The third-order valence-electron chi connectivity index (χ3n) is 3.63. The highest BCUT2D eigenvalue weighted by Crippen LogP contribution is 2.35. The van der Waals surface area contributed by atoms with Crippen molar-refractivity contribution in [1.29, 1.82) is 0 Å². The standard InChI is InChI=1S/C16H13BrClN3O3/c1-8-3-5-11-10(7-8)20-15(23)16(2,24-11)14(22)19-9-4-6-12(17)21-13(9)18/h3-7H,1-2H3,(H,19,22)(H,20,23). The number of nitrogens with zero attached hydrogens (tertiary/aromatic N) is 1. The van der Waals surface area contributed by atoms with Crippen LogP contribution in [0.25, 0.3) is 0 Å². The molecule has 0 fully saturated rings. The highest BCUT2D eigenvalue weighted by Gasteiger charge is 2.47. The second-order valence-corrected chi connectivity index (χ2v) is 6.69. The number of pyridine rings is 1. The predicted molar refractivity (Wildman–Crippen MR) is 94.4 cm³/mol. The summed E-state index contributed by atoms with van der Waals surface area (Å²) < 4.78 is 6.22. The fourth-order valence-corrected chi connectivity index (χ4v) is 2.85. The molecule has 124 valence electrons. The molecule has 0 saturated heterocycles. The van der Waals surface area contributed by atoms with Gasteiger partial charge in [-0.2, -0.15) is 0 Å². The van der Waals surface area contributed by atoms with Crippen LogP contribution in [0.1, 0.15) is 12.5 Å². The highest BCUT2D eigenvalue weighted by molar-refractivity contribution is 9.10. The SMILES string of the molecule is Cc1ccc2c(c1)NC(=O)C(C)(C(=O)Nc1ccc(Br)nc1Cl)O2. The van der Waals surface area contributed by atoms with E-state index in [0.29, 0.717) is 16.0 Å². The Bertz CT molecular complexity index is 858. The van der Waals surface area contributed by atoms with Gasteiger partial charge in [0.25, 0.3) is 17.4 Å². The van der Waals surface area contributed by atoms with Crippen LogP contribution in [0.4, 0.5) is 11.4 Å². The van der Waals surface area contributed by atoms with E-state index >= 15 is 0 Å². The molecule has 2 amide bonds. The van der Waals surface area contributed by atoms with Crippen molar-refractivity contribution in [2.45, 2.75) is 19.4 Å². The minimum Gasteiger partial charge on any atom is -0.466 e. The van der Waals surface area contributed by atoms with Crippen LogP contribution in [-0.4, -0.2) is 22.4 Å². The van der Waals surface area contributed by atoms with Gasteiger partial charge in [-0.1, -0.05) is 17.7 Å². The van der Waals surface area contributed by atoms with Gasteiger partial charge in [0.2, 0.25) is 0 Å². The lowest BCUT2D eigenvalue weighted by molar-refractivity contribution is -0.143. The van der Waals surface area contributed by atoms with Crippen molar-refractivity contribution in [2.24, 2.45) is 0 Å². The van der Waals surface area contributed by atoms with Crippen molar-refractivity contribution < 1.29 is 14.3 Å². The molecule has 0 radical (unpaired) electrons. The van der Waals surface area contributed by atoms with Gasteiger partial charge in [0.15, 0.2) is 5.15 Å². The molecule has 8 heteroatoms. The van der Waals surface area contributed by atoms with Crippen LogP contribution in [-0.2, 0) is 9.59 Å². The van der Waals surface area contributed by atoms with Gasteiger partial charge >= 0.3 is 0 Å². The topological polar surface area (TPSA) is 80.3 Å². The lowest BCUT2D eigenvalue weighted by atomic mass is 10.0. The highest BCUT2D eigenvalue weighted by atomic mass is 79.9. The maximum Gasteiger partial charge on any atom is 0.278 e. The van der Waals surface area contributed by atoms with Gasteiger partial charge in [-0.3, -0.25) is 9.59 Å². The Morgan fingerprint density at radius 1 is 1.38 bits per heavy atom. The first-order valence-corrected chi connectivity index (χ1v) is 8.21. The summed E-state index contributed by atoms with van der Waals surface area (Å²) in [4.78, 5) is 29.0. The number of carbonyl (C=O) groups is 2. The third-order valence-corrected chi connectivity index (χ3v) is 4.36. The molecule has 0 bridgehead atoms. The number of halogens is 2. The number of hydrogen-bond donors (Lipinski definition) is 2. The Hall–Kier alpha value is -2.12. The Balaban J connectivity index is 1.88. The minimum atomic E-state index is -1.72. The fraction of sp³-hybridized carbons (Fsp3) is 0.188. The number of anilines is 2. The summed E-state index contributed by atoms with van der Waals surface area (Å²) >= 11 is 9.18. The first kappa shape index (κ1) is 16.7. The molecule has 0 aliphatic carbocycles. The van der Waals surface area contributed by atoms with E-state index in [9.17, 15) is 9.59 Å². The van der Waals surface area contributed by atoms with Crippen molar-refractivity contribution in [2.75, 3.05) is 10.6 Å². The molecule has 1 unspecified atom stereocenters. The van der Waals surface area contributed by atoms with Gasteiger partial charge in [-0.05, 0) is 59.6 Å². The molecule has 1 aromatic carbocycles. The van der Waals surface area contributed by atoms with E-state index in [0.717, 1.165) is 5.56 Å². The summed E-state index contributed by atoms with van der Waals surface area (Å²) in [7, 11) is 0. The number of carbonyl (C=O) groups excluding carboxylic acids is 2. The second kappa shape index (κ2) is 6.07. The molecule has 0 spiro atoms. The molecule has 2 heterocycles. The number of benzene rings is 1. The Morgan fingerprint density at radius 3 is 2.83 bits per heavy atom. The number of rotatable bonds is 2. The van der Waals surface area contributed by atoms with Gasteiger partial charge in [-0.15, -0.1) is 0 Å². The summed E-state index contributed by atoms with van der Waals surface area (Å²) in [6.07, 6.45) is 0. The molecule has 0 saturated carbocycles. The van der Waals surface area contributed by atoms with Crippen molar-refractivity contribution in [3.63, 3.8) is 0 Å². The minimum absolute atomic E-state index is 0.105. The Morgan fingerprint density at radius 2 is 2.12 bits per heavy atom. The van der Waals surface area contributed by atoms with Crippen molar-refractivity contribution in [3.05, 3.63) is 45.7 Å². The zero-order valence-corrected chi connectivity index (χ0v) is 15.2. The van der Waals surface area contributed by atoms with Crippen molar-refractivity contribution >= 4 is 50.7 Å². The molecular weight excluding hydrogens is 398 g/mol. The maximum absolute atomic E-state index is 12.6. The first-order chi connectivity index (χ1) is 11.3. The molecule has 2 N–H and O–H groups in total. The molecule has 1 aromatic heterocycles. The van der Waals surface area contributed by atoms with E-state index in [1.807, 2.05) is 13.0 Å². The second-order valence-electron chi connectivity index (χ2n) is 5.52. The van der Waals surface area contributed by atoms with Gasteiger partial charge in [-0.25, -0.2) is 4.98 Å². The quantitative estimate of drug-likeness (QED) is 0.586. The monoisotopic (exact) mass is 409 g/mol. The van der Waals surface area contributed by atoms with Crippen LogP contribution in [0.15, 0.2) is 34.9 Å². The lowest BCUT2D eigenvalue weighted by Gasteiger charge is -2.33. The van der Waals surface area contributed by atoms with Crippen LogP contribution in [0.5, 0.6) is 5.75 Å². The average Bonchev–Trinajstić information content (AvgIpc) is 2.51. The zero-order valence-electron chi connectivity index (χ0n) is 12.8. The lowest BCUT2D eigenvalue weighted by Crippen LogP contribution is -2.56. The van der Waals surface area contributed by atoms with Gasteiger partial charge in [0.1, 0.15) is 10.4 Å². The number of aromatic nitrogens is 1. The van der Waals surface area contributed by atoms with Crippen molar-refractivity contribution in [3.8, 4) is 5.75 Å². The molecule has 24 heavy (non-hydrogen) atoms. The summed E-state index contributed by atoms with van der Waals surface area (Å²) in [5.41, 5.74) is 0.0720. The van der Waals surface area contributed by atoms with Gasteiger partial charge < -0.3 is 15.4 Å². The maximum atomic E-state index is 12.6. The molecule has 6 nitrogen and oxygen atoms in total. The average molecular weight is 411 g/mol. The van der Waals surface area contributed by atoms with Crippen LogP contribution < -0.4 is 15.4 Å². The largest absolute Gasteiger partial charge is 0.466 e. The van der Waals surface area contributed by atoms with E-state index < -0.39 is 17.4 Å². The summed E-state index contributed by atoms with van der Waals surface area (Å²) in [6.45, 7) is 3.30.